The van der Waals surface area contributed by atoms with Crippen LogP contribution in [0.4, 0.5) is 0 Å². The molecular formula is C27H26ClNO5. The molecule has 2 amide bonds. The van der Waals surface area contributed by atoms with Gasteiger partial charge in [0.25, 0.3) is 0 Å². The molecule has 3 aliphatic carbocycles. The van der Waals surface area contributed by atoms with E-state index in [1.54, 1.807) is 19.1 Å². The van der Waals surface area contributed by atoms with Crippen molar-refractivity contribution in [3.05, 3.63) is 63.2 Å². The lowest BCUT2D eigenvalue weighted by Crippen LogP contribution is -2.46. The number of likely N-dealkylation sites (tertiary alicyclic amines) is 1. The highest BCUT2D eigenvalue weighted by Crippen LogP contribution is 2.56. The van der Waals surface area contributed by atoms with Crippen LogP contribution in [0.15, 0.2) is 52.6 Å². The second-order valence-corrected chi connectivity index (χ2v) is 11.1. The van der Waals surface area contributed by atoms with Gasteiger partial charge in [0.2, 0.25) is 11.8 Å². The lowest BCUT2D eigenvalue weighted by molar-refractivity contribution is -0.145. The molecule has 1 aliphatic heterocycles. The van der Waals surface area contributed by atoms with Crippen molar-refractivity contribution < 1.29 is 24.3 Å². The van der Waals surface area contributed by atoms with Crippen LogP contribution in [0.1, 0.15) is 52.0 Å². The zero-order chi connectivity index (χ0) is 24.7. The van der Waals surface area contributed by atoms with Gasteiger partial charge in [-0.3, -0.25) is 24.1 Å². The quantitative estimate of drug-likeness (QED) is 0.369. The van der Waals surface area contributed by atoms with Crippen LogP contribution in [-0.2, 0) is 19.2 Å². The van der Waals surface area contributed by atoms with Crippen molar-refractivity contribution >= 4 is 35.0 Å². The Balaban J connectivity index is 1.71. The number of phenolic OH excluding ortho intramolecular Hbond substituents is 1. The highest BCUT2D eigenvalue weighted by Gasteiger charge is 2.58. The molecule has 0 unspecified atom stereocenters. The molecule has 0 bridgehead atoms. The zero-order valence-corrected chi connectivity index (χ0v) is 20.3. The number of hydrogen-bond acceptors (Lipinski definition) is 5. The molecule has 0 saturated carbocycles. The average Bonchev–Trinajstić information content (AvgIpc) is 3.02. The summed E-state index contributed by atoms with van der Waals surface area (Å²) in [6.45, 7) is 7.11. The fourth-order valence-electron chi connectivity index (χ4n) is 6.16. The van der Waals surface area contributed by atoms with Crippen LogP contribution in [0.25, 0.3) is 0 Å². The van der Waals surface area contributed by atoms with Gasteiger partial charge in [0.15, 0.2) is 11.6 Å². The van der Waals surface area contributed by atoms with Crippen molar-refractivity contribution in [3.63, 3.8) is 0 Å². The number of ketones is 2. The first kappa shape index (κ1) is 22.8. The van der Waals surface area contributed by atoms with E-state index in [0.717, 1.165) is 5.57 Å². The molecular weight excluding hydrogens is 454 g/mol. The minimum Gasteiger partial charge on any atom is -0.508 e. The number of Topliss-reactive ketones (excluding diaryl/α,β-unsaturated/α-hetero) is 1. The number of rotatable bonds is 1. The summed E-state index contributed by atoms with van der Waals surface area (Å²) in [6, 6.07) is 4.63. The first-order valence-electron chi connectivity index (χ1n) is 11.5. The summed E-state index contributed by atoms with van der Waals surface area (Å²) in [6.07, 6.45) is 3.85. The van der Waals surface area contributed by atoms with Crippen molar-refractivity contribution in [1.29, 1.82) is 0 Å². The molecule has 4 aliphatic rings. The molecule has 1 aromatic rings. The molecule has 34 heavy (non-hydrogen) atoms. The number of phenols is 1. The maximum atomic E-state index is 13.6. The summed E-state index contributed by atoms with van der Waals surface area (Å²) in [5.74, 6) is -3.22. The van der Waals surface area contributed by atoms with Gasteiger partial charge in [-0.15, -0.1) is 0 Å². The number of allylic oxidation sites excluding steroid dienone is 6. The Morgan fingerprint density at radius 3 is 2.44 bits per heavy atom. The minimum atomic E-state index is -0.708. The van der Waals surface area contributed by atoms with Gasteiger partial charge in [-0.05, 0) is 70.7 Å². The lowest BCUT2D eigenvalue weighted by atomic mass is 9.59. The standard InChI is InChI=1S/C27H26ClNO5/c1-12-9-20(31)23-18(24(12)32)11-16-14(21(23)17-10-13(28)5-8-19(17)30)6-7-15-22(16)26(34)29(25(15)33)27(2,3)4/h5-6,8-10,15-16,21-22,30H,7,11H2,1-4H3/t15-,16+,21+,22-/m0/s1. The summed E-state index contributed by atoms with van der Waals surface area (Å²) >= 11 is 6.26. The maximum Gasteiger partial charge on any atom is 0.234 e. The Labute approximate surface area is 203 Å². The predicted molar refractivity (Wildman–Crippen MR) is 126 cm³/mol. The molecule has 0 spiro atoms. The number of hydrogen-bond donors (Lipinski definition) is 1. The van der Waals surface area contributed by atoms with Crippen LogP contribution in [0.3, 0.4) is 0 Å². The van der Waals surface area contributed by atoms with Gasteiger partial charge in [0.05, 0.1) is 11.8 Å². The first-order chi connectivity index (χ1) is 15.9. The summed E-state index contributed by atoms with van der Waals surface area (Å²) in [5.41, 5.74) is 1.61. The molecule has 1 N–H and O–H groups in total. The molecule has 1 aromatic carbocycles. The largest absolute Gasteiger partial charge is 0.508 e. The number of nitrogens with zero attached hydrogens (tertiary/aromatic N) is 1. The van der Waals surface area contributed by atoms with E-state index in [-0.39, 0.29) is 35.6 Å². The highest BCUT2D eigenvalue weighted by molar-refractivity contribution is 6.30. The Morgan fingerprint density at radius 2 is 1.76 bits per heavy atom. The van der Waals surface area contributed by atoms with Crippen LogP contribution in [0.5, 0.6) is 5.75 Å². The van der Waals surface area contributed by atoms with E-state index in [4.69, 9.17) is 11.6 Å². The number of imide groups is 1. The van der Waals surface area contributed by atoms with Gasteiger partial charge in [-0.2, -0.15) is 0 Å². The molecule has 1 fully saturated rings. The number of halogens is 1. The smallest absolute Gasteiger partial charge is 0.234 e. The van der Waals surface area contributed by atoms with Gasteiger partial charge >= 0.3 is 0 Å². The number of aromatic hydroxyl groups is 1. The van der Waals surface area contributed by atoms with E-state index < -0.39 is 29.2 Å². The molecule has 7 heteroatoms. The van der Waals surface area contributed by atoms with E-state index >= 15 is 0 Å². The van der Waals surface area contributed by atoms with Crippen molar-refractivity contribution in [1.82, 2.24) is 4.90 Å². The SMILES string of the molecule is CC1=CC(=O)C2=C(C[C@@H]3C(=CC[C@@H]4C(=O)N(C(C)(C)C)C(=O)[C@@H]43)[C@@H]2c2cc(Cl)ccc2O)C1=O. The van der Waals surface area contributed by atoms with Crippen LogP contribution < -0.4 is 0 Å². The molecule has 1 heterocycles. The molecule has 1 saturated heterocycles. The normalized spacial score (nSPS) is 29.0. The molecule has 4 atom stereocenters. The average molecular weight is 480 g/mol. The van der Waals surface area contributed by atoms with Crippen molar-refractivity contribution in [3.8, 4) is 5.75 Å². The number of carbonyl (C=O) groups excluding carboxylic acids is 4. The highest BCUT2D eigenvalue weighted by atomic mass is 35.5. The van der Waals surface area contributed by atoms with E-state index in [1.807, 2.05) is 26.8 Å². The molecule has 5 rings (SSSR count). The topological polar surface area (TPSA) is 91.8 Å². The van der Waals surface area contributed by atoms with Gasteiger partial charge in [0, 0.05) is 38.8 Å². The Hall–Kier alpha value is -2.99. The fraction of sp³-hybridized carbons (Fsp3) is 0.407. The zero-order valence-electron chi connectivity index (χ0n) is 19.5. The minimum absolute atomic E-state index is 0.0402. The third-order valence-electron chi connectivity index (χ3n) is 7.53. The monoisotopic (exact) mass is 479 g/mol. The van der Waals surface area contributed by atoms with Crippen LogP contribution in [-0.4, -0.2) is 38.9 Å². The van der Waals surface area contributed by atoms with Crippen molar-refractivity contribution in [2.45, 2.75) is 52.0 Å². The van der Waals surface area contributed by atoms with Crippen LogP contribution >= 0.6 is 11.6 Å². The Morgan fingerprint density at radius 1 is 1.06 bits per heavy atom. The summed E-state index contributed by atoms with van der Waals surface area (Å²) in [5, 5.41) is 11.1. The molecule has 0 radical (unpaired) electrons. The van der Waals surface area contributed by atoms with E-state index in [1.165, 1.54) is 17.0 Å². The van der Waals surface area contributed by atoms with Crippen molar-refractivity contribution in [2.75, 3.05) is 0 Å². The number of fused-ring (bicyclic) bond motifs is 3. The van der Waals surface area contributed by atoms with E-state index in [9.17, 15) is 24.3 Å². The van der Waals surface area contributed by atoms with Gasteiger partial charge < -0.3 is 5.11 Å². The first-order valence-corrected chi connectivity index (χ1v) is 11.9. The van der Waals surface area contributed by atoms with Crippen LogP contribution in [0, 0.1) is 17.8 Å². The third-order valence-corrected chi connectivity index (χ3v) is 7.77. The van der Waals surface area contributed by atoms with E-state index in [0.29, 0.717) is 33.7 Å². The Kier molecular flexibility index (Phi) is 5.03. The van der Waals surface area contributed by atoms with Gasteiger partial charge in [-0.1, -0.05) is 23.3 Å². The van der Waals surface area contributed by atoms with Crippen LogP contribution in [0.2, 0.25) is 5.02 Å². The van der Waals surface area contributed by atoms with Gasteiger partial charge in [-0.25, -0.2) is 0 Å². The lowest BCUT2D eigenvalue weighted by Gasteiger charge is -2.42. The van der Waals surface area contributed by atoms with Crippen molar-refractivity contribution in [2.24, 2.45) is 17.8 Å². The maximum absolute atomic E-state index is 13.6. The second-order valence-electron chi connectivity index (χ2n) is 10.6. The van der Waals surface area contributed by atoms with Gasteiger partial charge in [0.1, 0.15) is 5.75 Å². The number of benzene rings is 1. The number of amides is 2. The third kappa shape index (κ3) is 3.15. The molecule has 0 aromatic heterocycles. The summed E-state index contributed by atoms with van der Waals surface area (Å²) in [7, 11) is 0. The Bertz CT molecular complexity index is 1280. The molecule has 6 nitrogen and oxygen atoms in total. The second kappa shape index (κ2) is 7.51. The fourth-order valence-corrected chi connectivity index (χ4v) is 6.34. The summed E-state index contributed by atoms with van der Waals surface area (Å²) < 4.78 is 0. The predicted octanol–water partition coefficient (Wildman–Crippen LogP) is 4.27. The summed E-state index contributed by atoms with van der Waals surface area (Å²) in [4.78, 5) is 54.6. The molecule has 176 valence electrons. The van der Waals surface area contributed by atoms with E-state index in [2.05, 4.69) is 0 Å². The number of carbonyl (C=O) groups is 4.